The molecule has 0 spiro atoms. The summed E-state index contributed by atoms with van der Waals surface area (Å²) in [7, 11) is 2.21. The predicted molar refractivity (Wildman–Crippen MR) is 80.6 cm³/mol. The summed E-state index contributed by atoms with van der Waals surface area (Å²) in [5, 5.41) is 0. The van der Waals surface area contributed by atoms with Crippen molar-refractivity contribution in [2.24, 2.45) is 0 Å². The Labute approximate surface area is 114 Å². The van der Waals surface area contributed by atoms with Gasteiger partial charge in [-0.25, -0.2) is 4.48 Å². The molecular weight excluding hydrogens is 232 g/mol. The van der Waals surface area contributed by atoms with Gasteiger partial charge < -0.3 is 0 Å². The molecular formula is C17H18N2+. The Balaban J connectivity index is 2.17. The summed E-state index contributed by atoms with van der Waals surface area (Å²) in [6.07, 6.45) is 8.03. The number of rotatable bonds is 3. The van der Waals surface area contributed by atoms with Crippen molar-refractivity contribution in [1.29, 1.82) is 0 Å². The first-order chi connectivity index (χ1) is 9.25. The average molecular weight is 250 g/mol. The smallest absolute Gasteiger partial charge is 0.160 e. The average Bonchev–Trinajstić information content (AvgIpc) is 2.75. The molecule has 0 aliphatic carbocycles. The monoisotopic (exact) mass is 250 g/mol. The molecule has 0 bridgehead atoms. The van der Waals surface area contributed by atoms with Gasteiger partial charge in [0.25, 0.3) is 0 Å². The number of quaternary nitrogens is 1. The molecule has 0 saturated heterocycles. The molecule has 1 aromatic carbocycles. The topological polar surface area (TPSA) is 12.9 Å². The van der Waals surface area contributed by atoms with Gasteiger partial charge in [0.1, 0.15) is 11.9 Å². The molecule has 0 amide bonds. The van der Waals surface area contributed by atoms with Crippen molar-refractivity contribution in [2.75, 3.05) is 7.05 Å². The Bertz CT molecular complexity index is 616. The van der Waals surface area contributed by atoms with Crippen LogP contribution in [-0.4, -0.2) is 12.0 Å². The fourth-order valence-corrected chi connectivity index (χ4v) is 2.83. The Morgan fingerprint density at radius 3 is 2.74 bits per heavy atom. The van der Waals surface area contributed by atoms with E-state index in [1.807, 2.05) is 18.5 Å². The van der Waals surface area contributed by atoms with Crippen molar-refractivity contribution in [3.8, 4) is 0 Å². The van der Waals surface area contributed by atoms with E-state index in [2.05, 4.69) is 55.5 Å². The zero-order chi connectivity index (χ0) is 13.3. The third kappa shape index (κ3) is 1.89. The molecule has 0 N–H and O–H groups in total. The van der Waals surface area contributed by atoms with Gasteiger partial charge in [-0.15, -0.1) is 0 Å². The predicted octanol–water partition coefficient (Wildman–Crippen LogP) is 4.32. The number of benzene rings is 1. The van der Waals surface area contributed by atoms with Gasteiger partial charge in [0.15, 0.2) is 5.69 Å². The van der Waals surface area contributed by atoms with Crippen LogP contribution in [0.15, 0.2) is 55.0 Å². The molecule has 19 heavy (non-hydrogen) atoms. The molecule has 1 radical (unpaired) electrons. The summed E-state index contributed by atoms with van der Waals surface area (Å²) in [5.41, 5.74) is 5.24. The van der Waals surface area contributed by atoms with Gasteiger partial charge in [0.05, 0.1) is 13.2 Å². The second-order valence-electron chi connectivity index (χ2n) is 5.06. The third-order valence-electron chi connectivity index (χ3n) is 3.79. The highest BCUT2D eigenvalue weighted by atomic mass is 15.3. The van der Waals surface area contributed by atoms with E-state index in [4.69, 9.17) is 0 Å². The summed E-state index contributed by atoms with van der Waals surface area (Å²) in [6, 6.07) is 12.7. The summed E-state index contributed by atoms with van der Waals surface area (Å²) in [5.74, 6) is 0. The van der Waals surface area contributed by atoms with Gasteiger partial charge in [-0.2, -0.15) is 0 Å². The largest absolute Gasteiger partial charge is 0.258 e. The highest BCUT2D eigenvalue weighted by Crippen LogP contribution is 2.45. The van der Waals surface area contributed by atoms with Crippen LogP contribution >= 0.6 is 0 Å². The van der Waals surface area contributed by atoms with Crippen molar-refractivity contribution >= 4 is 16.9 Å². The van der Waals surface area contributed by atoms with Crippen LogP contribution < -0.4 is 4.48 Å². The number of para-hydroxylation sites is 1. The van der Waals surface area contributed by atoms with Crippen LogP contribution in [0.4, 0.5) is 11.4 Å². The first-order valence-electron chi connectivity index (χ1n) is 6.63. The van der Waals surface area contributed by atoms with Gasteiger partial charge in [-0.3, -0.25) is 4.98 Å². The van der Waals surface area contributed by atoms with E-state index in [1.165, 1.54) is 22.5 Å². The SMILES string of the molecule is [CH2]CCC1=C[N+](C)(c2cccnc2)c2ccccc21. The van der Waals surface area contributed by atoms with E-state index in [1.54, 1.807) is 0 Å². The second kappa shape index (κ2) is 4.63. The molecule has 1 aromatic heterocycles. The third-order valence-corrected chi connectivity index (χ3v) is 3.79. The van der Waals surface area contributed by atoms with Crippen LogP contribution in [0.25, 0.3) is 5.57 Å². The molecule has 2 nitrogen and oxygen atoms in total. The lowest BCUT2D eigenvalue weighted by molar-refractivity contribution is 0.621. The van der Waals surface area contributed by atoms with Crippen molar-refractivity contribution in [1.82, 2.24) is 9.47 Å². The number of aromatic nitrogens is 1. The Hall–Kier alpha value is -1.93. The van der Waals surface area contributed by atoms with Gasteiger partial charge in [-0.05, 0) is 25.0 Å². The highest BCUT2D eigenvalue weighted by molar-refractivity contribution is 5.85. The number of hydrogen-bond acceptors (Lipinski definition) is 1. The first kappa shape index (κ1) is 12.1. The van der Waals surface area contributed by atoms with Gasteiger partial charge >= 0.3 is 0 Å². The molecule has 3 rings (SSSR count). The molecule has 2 heterocycles. The minimum atomic E-state index is 0.694. The molecule has 1 aliphatic heterocycles. The number of fused-ring (bicyclic) bond motifs is 1. The fourth-order valence-electron chi connectivity index (χ4n) is 2.83. The molecule has 2 heteroatoms. The standard InChI is InChI=1S/C17H18N2/c1-3-7-14-13-19(2,15-8-6-11-18-12-15)17-10-5-4-9-16(14)17/h4-6,8-13H,1,3,7H2,2H3/q+1. The van der Waals surface area contributed by atoms with Crippen LogP contribution in [0, 0.1) is 6.92 Å². The van der Waals surface area contributed by atoms with Gasteiger partial charge in [-0.1, -0.05) is 19.1 Å². The molecule has 0 fully saturated rings. The second-order valence-corrected chi connectivity index (χ2v) is 5.06. The van der Waals surface area contributed by atoms with Gasteiger partial charge in [0, 0.05) is 29.5 Å². The maximum Gasteiger partial charge on any atom is 0.160 e. The van der Waals surface area contributed by atoms with E-state index < -0.39 is 0 Å². The quantitative estimate of drug-likeness (QED) is 0.739. The van der Waals surface area contributed by atoms with E-state index in [0.29, 0.717) is 4.48 Å². The van der Waals surface area contributed by atoms with E-state index >= 15 is 0 Å². The number of allylic oxidation sites excluding steroid dienone is 1. The summed E-state index contributed by atoms with van der Waals surface area (Å²) >= 11 is 0. The van der Waals surface area contributed by atoms with E-state index in [0.717, 1.165) is 12.8 Å². The number of nitrogens with zero attached hydrogens (tertiary/aromatic N) is 2. The fraction of sp³-hybridized carbons (Fsp3) is 0.176. The lowest BCUT2D eigenvalue weighted by atomic mass is 10.0. The van der Waals surface area contributed by atoms with Crippen LogP contribution in [-0.2, 0) is 0 Å². The summed E-state index contributed by atoms with van der Waals surface area (Å²) < 4.78 is 0.694. The normalized spacial score (nSPS) is 21.1. The Morgan fingerprint density at radius 1 is 1.16 bits per heavy atom. The number of pyridine rings is 1. The van der Waals surface area contributed by atoms with Crippen molar-refractivity contribution in [3.63, 3.8) is 0 Å². The first-order valence-corrected chi connectivity index (χ1v) is 6.63. The highest BCUT2D eigenvalue weighted by Gasteiger charge is 2.36. The molecule has 95 valence electrons. The molecule has 1 aliphatic rings. The summed E-state index contributed by atoms with van der Waals surface area (Å²) in [4.78, 5) is 4.26. The van der Waals surface area contributed by atoms with Crippen molar-refractivity contribution in [2.45, 2.75) is 12.8 Å². The maximum absolute atomic E-state index is 4.26. The minimum absolute atomic E-state index is 0.694. The summed E-state index contributed by atoms with van der Waals surface area (Å²) in [6.45, 7) is 3.98. The lowest BCUT2D eigenvalue weighted by Crippen LogP contribution is -2.31. The molecule has 1 atom stereocenters. The molecule has 0 saturated carbocycles. The van der Waals surface area contributed by atoms with Crippen LogP contribution in [0.5, 0.6) is 0 Å². The van der Waals surface area contributed by atoms with Crippen molar-refractivity contribution < 1.29 is 0 Å². The maximum atomic E-state index is 4.26. The molecule has 2 aromatic rings. The Kier molecular flexibility index (Phi) is 2.96. The number of hydrogen-bond donors (Lipinski definition) is 0. The van der Waals surface area contributed by atoms with Crippen LogP contribution in [0.3, 0.4) is 0 Å². The molecule has 1 unspecified atom stereocenters. The van der Waals surface area contributed by atoms with Crippen molar-refractivity contribution in [3.05, 3.63) is 67.5 Å². The van der Waals surface area contributed by atoms with Crippen LogP contribution in [0.1, 0.15) is 18.4 Å². The van der Waals surface area contributed by atoms with E-state index in [-0.39, 0.29) is 0 Å². The zero-order valence-electron chi connectivity index (χ0n) is 11.2. The van der Waals surface area contributed by atoms with Gasteiger partial charge in [0.2, 0.25) is 0 Å². The lowest BCUT2D eigenvalue weighted by Gasteiger charge is -2.26. The zero-order valence-corrected chi connectivity index (χ0v) is 11.2. The Morgan fingerprint density at radius 2 is 2.00 bits per heavy atom. The van der Waals surface area contributed by atoms with E-state index in [9.17, 15) is 0 Å². The minimum Gasteiger partial charge on any atom is -0.258 e. The van der Waals surface area contributed by atoms with Crippen LogP contribution in [0.2, 0.25) is 0 Å².